The zero-order valence-electron chi connectivity index (χ0n) is 24.6. The van der Waals surface area contributed by atoms with E-state index in [0.717, 1.165) is 23.7 Å². The van der Waals surface area contributed by atoms with Crippen molar-refractivity contribution in [2.45, 2.75) is 168 Å². The van der Waals surface area contributed by atoms with Crippen molar-refractivity contribution < 1.29 is 0 Å². The highest BCUT2D eigenvalue weighted by atomic mass is 14.3. The van der Waals surface area contributed by atoms with Crippen LogP contribution in [0.1, 0.15) is 168 Å². The molecule has 0 rings (SSSR count). The molecule has 0 fully saturated rings. The Hall–Kier alpha value is 0. The fourth-order valence-electron chi connectivity index (χ4n) is 3.46. The van der Waals surface area contributed by atoms with Crippen molar-refractivity contribution in [1.29, 1.82) is 0 Å². The van der Waals surface area contributed by atoms with Crippen LogP contribution < -0.4 is 0 Å². The van der Waals surface area contributed by atoms with Crippen LogP contribution in [0.4, 0.5) is 0 Å². The lowest BCUT2D eigenvalue weighted by Crippen LogP contribution is -2.15. The summed E-state index contributed by atoms with van der Waals surface area (Å²) in [4.78, 5) is 0. The van der Waals surface area contributed by atoms with Gasteiger partial charge in [0.2, 0.25) is 0 Å². The van der Waals surface area contributed by atoms with Gasteiger partial charge in [0.1, 0.15) is 0 Å². The molecule has 188 valence electrons. The molecule has 0 aliphatic carbocycles. The molecular formula is C30H68. The maximum absolute atomic E-state index is 2.33. The van der Waals surface area contributed by atoms with E-state index in [-0.39, 0.29) is 0 Å². The molecule has 0 aromatic rings. The Morgan fingerprint density at radius 1 is 0.400 bits per heavy atom. The second-order valence-electron chi connectivity index (χ2n) is 9.70. The molecule has 0 saturated heterocycles. The van der Waals surface area contributed by atoms with Crippen LogP contribution in [0.5, 0.6) is 0 Å². The van der Waals surface area contributed by atoms with E-state index in [0.29, 0.717) is 5.41 Å². The Bertz CT molecular complexity index is 237. The van der Waals surface area contributed by atoms with Gasteiger partial charge >= 0.3 is 0 Å². The number of hydrogen-bond acceptors (Lipinski definition) is 0. The molecule has 30 heavy (non-hydrogen) atoms. The molecule has 0 nitrogen and oxygen atoms in total. The smallest absolute Gasteiger partial charge is 0.0308 e. The second-order valence-corrected chi connectivity index (χ2v) is 9.70. The van der Waals surface area contributed by atoms with Gasteiger partial charge in [0.05, 0.1) is 0 Å². The van der Waals surface area contributed by atoms with E-state index in [9.17, 15) is 0 Å². The summed E-state index contributed by atoms with van der Waals surface area (Å²) < 4.78 is 0. The van der Waals surface area contributed by atoms with E-state index >= 15 is 0 Å². The van der Waals surface area contributed by atoms with Gasteiger partial charge < -0.3 is 0 Å². The highest BCUT2D eigenvalue weighted by Gasteiger charge is 2.20. The SMILES string of the molecule is CCC(C)C(C)CC.CCC(C)CC.CCC(CC)(CC)CC.CCC(CC)CC. The molecule has 0 heteroatoms. The Morgan fingerprint density at radius 3 is 0.700 bits per heavy atom. The summed E-state index contributed by atoms with van der Waals surface area (Å²) >= 11 is 0. The van der Waals surface area contributed by atoms with Gasteiger partial charge in [0, 0.05) is 0 Å². The Kier molecular flexibility index (Phi) is 33.6. The molecule has 0 spiro atoms. The van der Waals surface area contributed by atoms with Crippen LogP contribution in [0.3, 0.4) is 0 Å². The Balaban J connectivity index is -0.000000152. The zero-order chi connectivity index (χ0) is 24.6. The van der Waals surface area contributed by atoms with Crippen LogP contribution in [0.15, 0.2) is 0 Å². The van der Waals surface area contributed by atoms with Crippen molar-refractivity contribution in [2.24, 2.45) is 29.1 Å². The predicted octanol–water partition coefficient (Wildman–Crippen LogP) is 12.0. The molecular weight excluding hydrogens is 360 g/mol. The van der Waals surface area contributed by atoms with Crippen LogP contribution in [0.2, 0.25) is 0 Å². The monoisotopic (exact) mass is 429 g/mol. The average molecular weight is 429 g/mol. The van der Waals surface area contributed by atoms with Crippen molar-refractivity contribution in [1.82, 2.24) is 0 Å². The molecule has 0 aliphatic rings. The molecule has 0 bridgehead atoms. The van der Waals surface area contributed by atoms with Crippen LogP contribution in [0, 0.1) is 29.1 Å². The third-order valence-corrected chi connectivity index (χ3v) is 8.39. The molecule has 2 atom stereocenters. The molecule has 2 unspecified atom stereocenters. The summed E-state index contributed by atoms with van der Waals surface area (Å²) in [5, 5.41) is 0. The highest BCUT2D eigenvalue weighted by Crippen LogP contribution is 2.33. The van der Waals surface area contributed by atoms with Gasteiger partial charge in [0.15, 0.2) is 0 Å². The minimum absolute atomic E-state index is 0.667. The van der Waals surface area contributed by atoms with Gasteiger partial charge in [-0.05, 0) is 29.1 Å². The Labute approximate surface area is 196 Å². The largest absolute Gasteiger partial charge is 0.0651 e. The first-order valence-electron chi connectivity index (χ1n) is 14.1. The van der Waals surface area contributed by atoms with Crippen molar-refractivity contribution in [2.75, 3.05) is 0 Å². The lowest BCUT2D eigenvalue weighted by atomic mass is 9.78. The van der Waals surface area contributed by atoms with E-state index in [1.807, 2.05) is 0 Å². The summed E-state index contributed by atoms with van der Waals surface area (Å²) in [6, 6.07) is 0. The topological polar surface area (TPSA) is 0 Å². The molecule has 0 amide bonds. The quantitative estimate of drug-likeness (QED) is 0.290. The summed E-state index contributed by atoms with van der Waals surface area (Å²) in [5.74, 6) is 3.75. The molecule has 0 heterocycles. The third-order valence-electron chi connectivity index (χ3n) is 8.39. The van der Waals surface area contributed by atoms with Gasteiger partial charge in [-0.15, -0.1) is 0 Å². The lowest BCUT2D eigenvalue weighted by Gasteiger charge is -2.28. The molecule has 0 N–H and O–H groups in total. The summed E-state index contributed by atoms with van der Waals surface area (Å²) in [5.41, 5.74) is 0.667. The van der Waals surface area contributed by atoms with Crippen molar-refractivity contribution in [3.8, 4) is 0 Å². The van der Waals surface area contributed by atoms with Crippen LogP contribution in [-0.2, 0) is 0 Å². The molecule has 0 aromatic carbocycles. The minimum Gasteiger partial charge on any atom is -0.0651 e. The standard InChI is InChI=1S/C9H20.C8H18.C7H16.C6H14/c1-5-9(6-2,7-3)8-4;1-5-7(3)8(4)6-2;1-4-7(5-2)6-3;1-4-6(3)5-2/h5-8H2,1-4H3;7-8H,5-6H2,1-4H3;7H,4-6H2,1-3H3;6H,4-5H2,1-3H3. The zero-order valence-corrected chi connectivity index (χ0v) is 24.6. The molecule has 0 aromatic heterocycles. The fourth-order valence-corrected chi connectivity index (χ4v) is 3.46. The fraction of sp³-hybridized carbons (Fsp3) is 1.00. The number of rotatable bonds is 12. The average Bonchev–Trinajstić information content (AvgIpc) is 2.81. The van der Waals surface area contributed by atoms with Crippen molar-refractivity contribution >= 4 is 0 Å². The van der Waals surface area contributed by atoms with Crippen LogP contribution >= 0.6 is 0 Å². The summed E-state index contributed by atoms with van der Waals surface area (Å²) in [6.45, 7) is 31.9. The van der Waals surface area contributed by atoms with Gasteiger partial charge in [0.25, 0.3) is 0 Å². The van der Waals surface area contributed by atoms with Gasteiger partial charge in [-0.3, -0.25) is 0 Å². The highest BCUT2D eigenvalue weighted by molar-refractivity contribution is 4.72. The maximum atomic E-state index is 2.33. The third kappa shape index (κ3) is 22.7. The van der Waals surface area contributed by atoms with Crippen molar-refractivity contribution in [3.05, 3.63) is 0 Å². The van der Waals surface area contributed by atoms with E-state index in [4.69, 9.17) is 0 Å². The van der Waals surface area contributed by atoms with Gasteiger partial charge in [-0.25, -0.2) is 0 Å². The molecule has 0 radical (unpaired) electrons. The van der Waals surface area contributed by atoms with Crippen molar-refractivity contribution in [3.63, 3.8) is 0 Å². The van der Waals surface area contributed by atoms with Crippen LogP contribution in [-0.4, -0.2) is 0 Å². The van der Waals surface area contributed by atoms with Gasteiger partial charge in [-0.1, -0.05) is 168 Å². The summed E-state index contributed by atoms with van der Waals surface area (Å²) in [6.07, 6.45) is 14.8. The summed E-state index contributed by atoms with van der Waals surface area (Å²) in [7, 11) is 0. The van der Waals surface area contributed by atoms with Crippen LogP contribution in [0.25, 0.3) is 0 Å². The first-order chi connectivity index (χ1) is 14.1. The first-order valence-corrected chi connectivity index (χ1v) is 14.1. The Morgan fingerprint density at radius 2 is 0.667 bits per heavy atom. The minimum atomic E-state index is 0.667. The van der Waals surface area contributed by atoms with E-state index in [2.05, 4.69) is 96.9 Å². The van der Waals surface area contributed by atoms with E-state index < -0.39 is 0 Å². The predicted molar refractivity (Wildman–Crippen MR) is 147 cm³/mol. The maximum Gasteiger partial charge on any atom is -0.0308 e. The molecule has 0 aliphatic heterocycles. The lowest BCUT2D eigenvalue weighted by molar-refractivity contribution is 0.240. The van der Waals surface area contributed by atoms with Gasteiger partial charge in [-0.2, -0.15) is 0 Å². The normalized spacial score (nSPS) is 12.8. The van der Waals surface area contributed by atoms with E-state index in [1.54, 1.807) is 0 Å². The van der Waals surface area contributed by atoms with E-state index in [1.165, 1.54) is 70.6 Å². The number of hydrogen-bond donors (Lipinski definition) is 0. The first kappa shape index (κ1) is 37.3. The second kappa shape index (κ2) is 27.0. The molecule has 0 saturated carbocycles.